The van der Waals surface area contributed by atoms with Crippen molar-refractivity contribution < 1.29 is 24.1 Å². The van der Waals surface area contributed by atoms with Crippen molar-refractivity contribution in [2.75, 3.05) is 39.5 Å². The molecule has 0 radical (unpaired) electrons. The molecular weight excluding hydrogens is 337 g/mol. The van der Waals surface area contributed by atoms with Crippen LogP contribution in [0, 0.1) is 5.82 Å². The second kappa shape index (κ2) is 8.65. The first kappa shape index (κ1) is 19.5. The van der Waals surface area contributed by atoms with Gasteiger partial charge < -0.3 is 19.7 Å². The van der Waals surface area contributed by atoms with E-state index in [-0.39, 0.29) is 19.0 Å². The number of β-amino-alcohol motifs (C(OH)–C–C–N with tert-alkyl or cyclic N) is 2. The van der Waals surface area contributed by atoms with Crippen molar-refractivity contribution in [1.82, 2.24) is 4.90 Å². The van der Waals surface area contributed by atoms with Crippen molar-refractivity contribution in [1.29, 1.82) is 0 Å². The summed E-state index contributed by atoms with van der Waals surface area (Å²) in [5, 5.41) is 21.9. The number of rotatable bonds is 5. The van der Waals surface area contributed by atoms with Crippen LogP contribution in [-0.2, 0) is 4.74 Å². The molecule has 3 rings (SSSR count). The van der Waals surface area contributed by atoms with E-state index in [0.29, 0.717) is 32.0 Å². The lowest BCUT2D eigenvalue weighted by atomic mass is 9.93. The Morgan fingerprint density at radius 3 is 2.62 bits per heavy atom. The lowest BCUT2D eigenvalue weighted by Gasteiger charge is -2.36. The number of aliphatic hydroxyl groups is 2. The topological polar surface area (TPSA) is 62.2 Å². The van der Waals surface area contributed by atoms with E-state index < -0.39 is 11.2 Å². The minimum Gasteiger partial charge on any atom is -0.490 e. The highest BCUT2D eigenvalue weighted by molar-refractivity contribution is 5.22. The molecule has 1 saturated heterocycles. The molecule has 1 aromatic rings. The van der Waals surface area contributed by atoms with Crippen LogP contribution in [0.25, 0.3) is 0 Å². The Bertz CT molecular complexity index is 577. The number of hydrogen-bond acceptors (Lipinski definition) is 5. The van der Waals surface area contributed by atoms with Gasteiger partial charge in [-0.25, -0.2) is 4.39 Å². The molecule has 2 N–H and O–H groups in total. The molecule has 1 heterocycles. The fourth-order valence-electron chi connectivity index (χ4n) is 3.95. The van der Waals surface area contributed by atoms with Gasteiger partial charge in [0, 0.05) is 25.7 Å². The van der Waals surface area contributed by atoms with Crippen molar-refractivity contribution >= 4 is 0 Å². The van der Waals surface area contributed by atoms with Gasteiger partial charge in [-0.2, -0.15) is 0 Å². The van der Waals surface area contributed by atoms with Crippen LogP contribution < -0.4 is 4.74 Å². The van der Waals surface area contributed by atoms with Gasteiger partial charge in [0.1, 0.15) is 23.8 Å². The summed E-state index contributed by atoms with van der Waals surface area (Å²) in [6.45, 7) is 2.27. The van der Waals surface area contributed by atoms with Gasteiger partial charge in [-0.1, -0.05) is 31.7 Å². The summed E-state index contributed by atoms with van der Waals surface area (Å²) >= 11 is 0. The maximum Gasteiger partial charge on any atom is 0.134 e. The van der Waals surface area contributed by atoms with Crippen LogP contribution in [0.1, 0.15) is 38.5 Å². The highest BCUT2D eigenvalue weighted by atomic mass is 19.1. The summed E-state index contributed by atoms with van der Waals surface area (Å²) in [6, 6.07) is 5.89. The SMILES string of the molecule is OC1(CN2CCOC[C@](O)(COc3cccc(F)c3)C2)CCCCCC1. The third kappa shape index (κ3) is 5.64. The summed E-state index contributed by atoms with van der Waals surface area (Å²) in [5.74, 6) is 0.0143. The van der Waals surface area contributed by atoms with Gasteiger partial charge in [-0.15, -0.1) is 0 Å². The normalized spacial score (nSPS) is 27.5. The number of halogens is 1. The molecule has 26 heavy (non-hydrogen) atoms. The minimum absolute atomic E-state index is 0.0192. The highest BCUT2D eigenvalue weighted by Gasteiger charge is 2.37. The van der Waals surface area contributed by atoms with E-state index in [1.54, 1.807) is 12.1 Å². The van der Waals surface area contributed by atoms with Crippen LogP contribution in [-0.4, -0.2) is 65.8 Å². The summed E-state index contributed by atoms with van der Waals surface area (Å²) < 4.78 is 24.5. The van der Waals surface area contributed by atoms with E-state index in [0.717, 1.165) is 25.7 Å². The molecule has 1 aliphatic carbocycles. The van der Waals surface area contributed by atoms with Crippen LogP contribution in [0.5, 0.6) is 5.75 Å². The molecule has 5 nitrogen and oxygen atoms in total. The average Bonchev–Trinajstić information content (AvgIpc) is 2.92. The Balaban J connectivity index is 1.60. The molecule has 0 aromatic heterocycles. The molecule has 2 fully saturated rings. The van der Waals surface area contributed by atoms with Crippen LogP contribution >= 0.6 is 0 Å². The zero-order valence-electron chi connectivity index (χ0n) is 15.3. The van der Waals surface area contributed by atoms with Gasteiger partial charge in [0.2, 0.25) is 0 Å². The van der Waals surface area contributed by atoms with E-state index >= 15 is 0 Å². The Morgan fingerprint density at radius 1 is 1.12 bits per heavy atom. The molecule has 0 amide bonds. The first-order valence-electron chi connectivity index (χ1n) is 9.60. The van der Waals surface area contributed by atoms with E-state index in [1.165, 1.54) is 25.0 Å². The lowest BCUT2D eigenvalue weighted by molar-refractivity contribution is -0.0733. The number of benzene rings is 1. The van der Waals surface area contributed by atoms with Crippen LogP contribution in [0.15, 0.2) is 24.3 Å². The molecule has 146 valence electrons. The molecule has 0 bridgehead atoms. The maximum atomic E-state index is 13.3. The molecule has 0 unspecified atom stereocenters. The quantitative estimate of drug-likeness (QED) is 0.783. The third-order valence-corrected chi connectivity index (χ3v) is 5.30. The van der Waals surface area contributed by atoms with Gasteiger partial charge in [0.25, 0.3) is 0 Å². The second-order valence-corrected chi connectivity index (χ2v) is 7.87. The molecule has 1 atom stereocenters. The van der Waals surface area contributed by atoms with E-state index in [4.69, 9.17) is 9.47 Å². The van der Waals surface area contributed by atoms with E-state index in [2.05, 4.69) is 4.90 Å². The summed E-state index contributed by atoms with van der Waals surface area (Å²) in [4.78, 5) is 2.08. The van der Waals surface area contributed by atoms with Crippen LogP contribution in [0.3, 0.4) is 0 Å². The number of hydrogen-bond donors (Lipinski definition) is 2. The fraction of sp³-hybridized carbons (Fsp3) is 0.700. The van der Waals surface area contributed by atoms with E-state index in [1.807, 2.05) is 0 Å². The van der Waals surface area contributed by atoms with Crippen molar-refractivity contribution in [2.45, 2.75) is 49.7 Å². The lowest BCUT2D eigenvalue weighted by Crippen LogP contribution is -2.52. The van der Waals surface area contributed by atoms with E-state index in [9.17, 15) is 14.6 Å². The standard InChI is InChI=1S/C20H30FNO4/c21-17-6-5-7-18(12-17)26-16-20(24)14-22(10-11-25-15-20)13-19(23)8-3-1-2-4-9-19/h5-7,12,23-24H,1-4,8-11,13-16H2/t20-/m0/s1. The smallest absolute Gasteiger partial charge is 0.134 e. The Morgan fingerprint density at radius 2 is 1.88 bits per heavy atom. The molecule has 0 spiro atoms. The molecular formula is C20H30FNO4. The van der Waals surface area contributed by atoms with Gasteiger partial charge in [-0.05, 0) is 25.0 Å². The van der Waals surface area contributed by atoms with Crippen molar-refractivity contribution in [3.8, 4) is 5.75 Å². The molecule has 6 heteroatoms. The van der Waals surface area contributed by atoms with Crippen molar-refractivity contribution in [3.05, 3.63) is 30.1 Å². The fourth-order valence-corrected chi connectivity index (χ4v) is 3.95. The van der Waals surface area contributed by atoms with Gasteiger partial charge in [0.05, 0.1) is 18.8 Å². The van der Waals surface area contributed by atoms with Gasteiger partial charge in [0.15, 0.2) is 0 Å². The largest absolute Gasteiger partial charge is 0.490 e. The van der Waals surface area contributed by atoms with Gasteiger partial charge >= 0.3 is 0 Å². The third-order valence-electron chi connectivity index (χ3n) is 5.30. The highest BCUT2D eigenvalue weighted by Crippen LogP contribution is 2.29. The predicted molar refractivity (Wildman–Crippen MR) is 96.8 cm³/mol. The molecule has 1 aliphatic heterocycles. The molecule has 1 saturated carbocycles. The first-order valence-corrected chi connectivity index (χ1v) is 9.60. The zero-order chi connectivity index (χ0) is 18.5. The van der Waals surface area contributed by atoms with Crippen LogP contribution in [0.4, 0.5) is 4.39 Å². The Kier molecular flexibility index (Phi) is 6.51. The number of nitrogens with zero attached hydrogens (tertiary/aromatic N) is 1. The average molecular weight is 367 g/mol. The van der Waals surface area contributed by atoms with Crippen molar-refractivity contribution in [3.63, 3.8) is 0 Å². The first-order chi connectivity index (χ1) is 12.5. The summed E-state index contributed by atoms with van der Waals surface area (Å²) in [7, 11) is 0. The summed E-state index contributed by atoms with van der Waals surface area (Å²) in [5.41, 5.74) is -1.88. The number of ether oxygens (including phenoxy) is 2. The second-order valence-electron chi connectivity index (χ2n) is 7.87. The predicted octanol–water partition coefficient (Wildman–Crippen LogP) is 2.35. The minimum atomic E-state index is -1.19. The zero-order valence-corrected chi connectivity index (χ0v) is 15.3. The monoisotopic (exact) mass is 367 g/mol. The Hall–Kier alpha value is -1.21. The van der Waals surface area contributed by atoms with Gasteiger partial charge in [-0.3, -0.25) is 4.90 Å². The molecule has 2 aliphatic rings. The van der Waals surface area contributed by atoms with Crippen molar-refractivity contribution in [2.24, 2.45) is 0 Å². The maximum absolute atomic E-state index is 13.3. The Labute approximate surface area is 154 Å². The summed E-state index contributed by atoms with van der Waals surface area (Å²) in [6.07, 6.45) is 6.07. The van der Waals surface area contributed by atoms with Crippen LogP contribution in [0.2, 0.25) is 0 Å². The molecule has 1 aromatic carbocycles.